The van der Waals surface area contributed by atoms with Crippen molar-refractivity contribution in [3.8, 4) is 0 Å². The zero-order valence-electron chi connectivity index (χ0n) is 11.2. The van der Waals surface area contributed by atoms with Crippen LogP contribution in [-0.4, -0.2) is 25.7 Å². The molecule has 0 saturated carbocycles. The Morgan fingerprint density at radius 1 is 1.42 bits per heavy atom. The minimum atomic E-state index is -0.401. The maximum Gasteiger partial charge on any atom is 0.313 e. The van der Waals surface area contributed by atoms with Crippen LogP contribution in [-0.2, 0) is 16.0 Å². The lowest BCUT2D eigenvalue weighted by atomic mass is 9.76. The molecule has 1 aliphatic heterocycles. The van der Waals surface area contributed by atoms with Crippen molar-refractivity contribution >= 4 is 21.9 Å². The van der Waals surface area contributed by atoms with Gasteiger partial charge in [-0.1, -0.05) is 28.1 Å². The van der Waals surface area contributed by atoms with Crippen molar-refractivity contribution in [3.63, 3.8) is 0 Å². The van der Waals surface area contributed by atoms with Crippen LogP contribution in [0.1, 0.15) is 25.3 Å². The van der Waals surface area contributed by atoms with Crippen molar-refractivity contribution < 1.29 is 9.53 Å². The zero-order valence-corrected chi connectivity index (χ0v) is 12.8. The zero-order chi connectivity index (χ0) is 13.7. The monoisotopic (exact) mass is 325 g/mol. The summed E-state index contributed by atoms with van der Waals surface area (Å²) < 4.78 is 6.35. The molecule has 1 aliphatic rings. The molecule has 0 bridgehead atoms. The molecule has 2 rings (SSSR count). The second-order valence-corrected chi connectivity index (χ2v) is 6.00. The summed E-state index contributed by atoms with van der Waals surface area (Å²) in [6.07, 6.45) is 2.66. The van der Waals surface area contributed by atoms with Gasteiger partial charge in [-0.2, -0.15) is 0 Å². The van der Waals surface area contributed by atoms with E-state index in [1.807, 2.05) is 19.1 Å². The average Bonchev–Trinajstić information content (AvgIpc) is 2.43. The van der Waals surface area contributed by atoms with E-state index in [1.165, 1.54) is 5.56 Å². The van der Waals surface area contributed by atoms with Gasteiger partial charge >= 0.3 is 5.97 Å². The normalized spacial score (nSPS) is 23.1. The molecule has 1 N–H and O–H groups in total. The molecule has 4 heteroatoms. The fraction of sp³-hybridized carbons (Fsp3) is 0.533. The summed E-state index contributed by atoms with van der Waals surface area (Å²) in [5.74, 6) is -0.0647. The van der Waals surface area contributed by atoms with Gasteiger partial charge in [0.1, 0.15) is 0 Å². The molecule has 0 unspecified atom stereocenters. The number of piperidine rings is 1. The van der Waals surface area contributed by atoms with Crippen LogP contribution in [0.25, 0.3) is 0 Å². The highest BCUT2D eigenvalue weighted by molar-refractivity contribution is 9.10. The molecular formula is C15H20BrNO2. The Kier molecular flexibility index (Phi) is 4.99. The van der Waals surface area contributed by atoms with Gasteiger partial charge in [0.05, 0.1) is 12.0 Å². The number of carbonyl (C=O) groups is 1. The minimum Gasteiger partial charge on any atom is -0.466 e. The lowest BCUT2D eigenvalue weighted by Crippen LogP contribution is -2.47. The van der Waals surface area contributed by atoms with E-state index >= 15 is 0 Å². The molecule has 1 aromatic carbocycles. The van der Waals surface area contributed by atoms with Crippen molar-refractivity contribution in [1.82, 2.24) is 5.32 Å². The van der Waals surface area contributed by atoms with Crippen LogP contribution in [0.5, 0.6) is 0 Å². The number of nitrogens with one attached hydrogen (secondary N) is 1. The number of ether oxygens (including phenoxy) is 1. The molecule has 1 aromatic rings. The van der Waals surface area contributed by atoms with E-state index in [4.69, 9.17) is 4.74 Å². The highest BCUT2D eigenvalue weighted by Gasteiger charge is 2.40. The van der Waals surface area contributed by atoms with E-state index < -0.39 is 5.41 Å². The number of halogens is 1. The smallest absolute Gasteiger partial charge is 0.313 e. The van der Waals surface area contributed by atoms with Gasteiger partial charge in [0.15, 0.2) is 0 Å². The second kappa shape index (κ2) is 6.53. The number of hydrogen-bond acceptors (Lipinski definition) is 3. The third kappa shape index (κ3) is 3.57. The summed E-state index contributed by atoms with van der Waals surface area (Å²) in [5.41, 5.74) is 0.780. The van der Waals surface area contributed by atoms with E-state index in [2.05, 4.69) is 33.4 Å². The van der Waals surface area contributed by atoms with Gasteiger partial charge in [-0.15, -0.1) is 0 Å². The number of esters is 1. The average molecular weight is 326 g/mol. The van der Waals surface area contributed by atoms with Crippen LogP contribution in [0.4, 0.5) is 0 Å². The Labute approximate surface area is 122 Å². The molecule has 0 radical (unpaired) electrons. The highest BCUT2D eigenvalue weighted by atomic mass is 79.9. The number of benzene rings is 1. The lowest BCUT2D eigenvalue weighted by Gasteiger charge is -2.35. The van der Waals surface area contributed by atoms with E-state index in [1.54, 1.807) is 0 Å². The first-order valence-electron chi connectivity index (χ1n) is 6.79. The maximum absolute atomic E-state index is 12.3. The maximum atomic E-state index is 12.3. The fourth-order valence-electron chi connectivity index (χ4n) is 2.64. The molecule has 0 amide bonds. The molecule has 3 nitrogen and oxygen atoms in total. The SMILES string of the molecule is CCOC(=O)[C@@]1(Cc2ccc(Br)cc2)CCCNC1. The number of hydrogen-bond donors (Lipinski definition) is 1. The van der Waals surface area contributed by atoms with Crippen molar-refractivity contribution in [2.45, 2.75) is 26.2 Å². The fourth-order valence-corrected chi connectivity index (χ4v) is 2.91. The predicted molar refractivity (Wildman–Crippen MR) is 79.0 cm³/mol. The Balaban J connectivity index is 2.17. The van der Waals surface area contributed by atoms with Gasteiger partial charge < -0.3 is 10.1 Å². The van der Waals surface area contributed by atoms with E-state index in [0.717, 1.165) is 30.3 Å². The van der Waals surface area contributed by atoms with Gasteiger partial charge in [-0.25, -0.2) is 0 Å². The van der Waals surface area contributed by atoms with Gasteiger partial charge in [-0.05, 0) is 50.4 Å². The Bertz CT molecular complexity index is 424. The summed E-state index contributed by atoms with van der Waals surface area (Å²) in [4.78, 5) is 12.3. The van der Waals surface area contributed by atoms with E-state index in [0.29, 0.717) is 13.2 Å². The highest BCUT2D eigenvalue weighted by Crippen LogP contribution is 2.32. The molecular weight excluding hydrogens is 306 g/mol. The van der Waals surface area contributed by atoms with Gasteiger partial charge in [0.25, 0.3) is 0 Å². The summed E-state index contributed by atoms with van der Waals surface area (Å²) in [7, 11) is 0. The van der Waals surface area contributed by atoms with Crippen molar-refractivity contribution in [3.05, 3.63) is 34.3 Å². The lowest BCUT2D eigenvalue weighted by molar-refractivity contribution is -0.156. The molecule has 1 heterocycles. The Morgan fingerprint density at radius 2 is 2.16 bits per heavy atom. The number of rotatable bonds is 4. The first kappa shape index (κ1) is 14.5. The first-order chi connectivity index (χ1) is 9.16. The molecule has 1 atom stereocenters. The van der Waals surface area contributed by atoms with Crippen molar-refractivity contribution in [2.75, 3.05) is 19.7 Å². The predicted octanol–water partition coefficient (Wildman–Crippen LogP) is 2.92. The molecule has 104 valence electrons. The first-order valence-corrected chi connectivity index (χ1v) is 7.58. The van der Waals surface area contributed by atoms with Gasteiger partial charge in [0.2, 0.25) is 0 Å². The molecule has 1 fully saturated rings. The van der Waals surface area contributed by atoms with Gasteiger partial charge in [0, 0.05) is 11.0 Å². The summed E-state index contributed by atoms with van der Waals surface area (Å²) in [5, 5.41) is 3.34. The van der Waals surface area contributed by atoms with E-state index in [9.17, 15) is 4.79 Å². The van der Waals surface area contributed by atoms with E-state index in [-0.39, 0.29) is 5.97 Å². The van der Waals surface area contributed by atoms with Gasteiger partial charge in [-0.3, -0.25) is 4.79 Å². The molecule has 1 saturated heterocycles. The quantitative estimate of drug-likeness (QED) is 0.865. The molecule has 0 aliphatic carbocycles. The Morgan fingerprint density at radius 3 is 2.74 bits per heavy atom. The molecule has 0 aromatic heterocycles. The van der Waals surface area contributed by atoms with Crippen LogP contribution in [0.3, 0.4) is 0 Å². The molecule has 19 heavy (non-hydrogen) atoms. The van der Waals surface area contributed by atoms with Crippen LogP contribution >= 0.6 is 15.9 Å². The summed E-state index contributed by atoms with van der Waals surface area (Å²) in [6, 6.07) is 8.17. The topological polar surface area (TPSA) is 38.3 Å². The minimum absolute atomic E-state index is 0.0647. The van der Waals surface area contributed by atoms with Crippen molar-refractivity contribution in [2.24, 2.45) is 5.41 Å². The number of carbonyl (C=O) groups excluding carboxylic acids is 1. The largest absolute Gasteiger partial charge is 0.466 e. The Hall–Kier alpha value is -0.870. The van der Waals surface area contributed by atoms with Crippen molar-refractivity contribution in [1.29, 1.82) is 0 Å². The molecule has 0 spiro atoms. The van der Waals surface area contributed by atoms with Crippen LogP contribution in [0, 0.1) is 5.41 Å². The van der Waals surface area contributed by atoms with Crippen LogP contribution in [0.15, 0.2) is 28.7 Å². The van der Waals surface area contributed by atoms with Crippen LogP contribution in [0.2, 0.25) is 0 Å². The standard InChI is InChI=1S/C15H20BrNO2/c1-2-19-14(18)15(8-3-9-17-11-15)10-12-4-6-13(16)7-5-12/h4-7,17H,2-3,8-11H2,1H3/t15-/m1/s1. The summed E-state index contributed by atoms with van der Waals surface area (Å²) >= 11 is 3.43. The van der Waals surface area contributed by atoms with Crippen LogP contribution < -0.4 is 5.32 Å². The second-order valence-electron chi connectivity index (χ2n) is 5.08. The third-order valence-corrected chi connectivity index (χ3v) is 4.17. The third-order valence-electron chi connectivity index (χ3n) is 3.64. The summed E-state index contributed by atoms with van der Waals surface area (Å²) in [6.45, 7) is 4.01.